The Balaban J connectivity index is 1.04. The molecule has 16 heteroatoms. The first-order valence-corrected chi connectivity index (χ1v) is 13.5. The Hall–Kier alpha value is -4.06. The number of halogens is 1. The van der Waals surface area contributed by atoms with Gasteiger partial charge in [-0.25, -0.2) is 13.9 Å². The van der Waals surface area contributed by atoms with Crippen LogP contribution in [0, 0.1) is 5.82 Å². The van der Waals surface area contributed by atoms with Gasteiger partial charge >= 0.3 is 6.09 Å². The molecule has 0 spiro atoms. The molecular weight excluding hydrogens is 571 g/mol. The molecule has 3 aliphatic rings. The second-order valence-electron chi connectivity index (χ2n) is 10.3. The van der Waals surface area contributed by atoms with E-state index in [9.17, 15) is 25.2 Å². The molecule has 7 atom stereocenters. The van der Waals surface area contributed by atoms with E-state index in [4.69, 9.17) is 19.0 Å². The van der Waals surface area contributed by atoms with Gasteiger partial charge in [0.15, 0.2) is 12.4 Å². The summed E-state index contributed by atoms with van der Waals surface area (Å²) in [4.78, 5) is 23.6. The van der Waals surface area contributed by atoms with Crippen LogP contribution in [-0.4, -0.2) is 115 Å². The highest BCUT2D eigenvalue weighted by Crippen LogP contribution is 2.30. The van der Waals surface area contributed by atoms with E-state index in [0.29, 0.717) is 41.2 Å². The summed E-state index contributed by atoms with van der Waals surface area (Å²) < 4.78 is 33.0. The van der Waals surface area contributed by atoms with Gasteiger partial charge in [-0.05, 0) is 24.3 Å². The summed E-state index contributed by atoms with van der Waals surface area (Å²) in [5.41, 5.74) is 2.21. The first-order valence-electron chi connectivity index (χ1n) is 13.5. The Morgan fingerprint density at radius 1 is 1.09 bits per heavy atom. The summed E-state index contributed by atoms with van der Waals surface area (Å²) in [6.45, 7) is -0.0421. The number of pyridine rings is 1. The standard InChI is InChI=1S/C27H29FN6O9/c28-19-7-15(34-11-17(41-27(34)39)10-33-6-5-30-32-33)2-3-18(19)14-1-4-20(29-9-14)21-8-16(43-31-21)13-40-26-25(38)24(37)23(36)22(12-35)42-26/h1-7,9,16-17,22-26,35-38H,8,10-13H2/t16-,17-,22+,23+,24-,25+,26+/m0/s1. The first kappa shape index (κ1) is 29.0. The van der Waals surface area contributed by atoms with Crippen LogP contribution in [0.4, 0.5) is 14.9 Å². The number of hydrogen-bond donors (Lipinski definition) is 4. The average Bonchev–Trinajstić information content (AvgIpc) is 3.78. The van der Waals surface area contributed by atoms with Crippen LogP contribution in [0.1, 0.15) is 12.1 Å². The molecule has 0 bridgehead atoms. The molecule has 1 amide bonds. The number of benzene rings is 1. The van der Waals surface area contributed by atoms with E-state index < -0.39 is 61.4 Å². The minimum Gasteiger partial charge on any atom is -0.442 e. The predicted octanol–water partition coefficient (Wildman–Crippen LogP) is -0.186. The van der Waals surface area contributed by atoms with Crippen molar-refractivity contribution in [1.29, 1.82) is 0 Å². The smallest absolute Gasteiger partial charge is 0.414 e. The summed E-state index contributed by atoms with van der Waals surface area (Å²) in [6.07, 6.45) is -3.45. The number of nitrogens with zero attached hydrogens (tertiary/aromatic N) is 6. The number of anilines is 1. The van der Waals surface area contributed by atoms with Crippen molar-refractivity contribution in [3.8, 4) is 11.1 Å². The summed E-state index contributed by atoms with van der Waals surface area (Å²) in [7, 11) is 0. The second-order valence-corrected chi connectivity index (χ2v) is 10.3. The van der Waals surface area contributed by atoms with E-state index in [1.54, 1.807) is 35.1 Å². The Kier molecular flexibility index (Phi) is 8.29. The fourth-order valence-electron chi connectivity index (χ4n) is 5.07. The summed E-state index contributed by atoms with van der Waals surface area (Å²) >= 11 is 0. The van der Waals surface area contributed by atoms with E-state index >= 15 is 4.39 Å². The monoisotopic (exact) mass is 600 g/mol. The fraction of sp³-hybridized carbons (Fsp3) is 0.444. The van der Waals surface area contributed by atoms with Crippen molar-refractivity contribution in [3.63, 3.8) is 0 Å². The van der Waals surface area contributed by atoms with E-state index in [1.807, 2.05) is 0 Å². The molecule has 0 unspecified atom stereocenters. The van der Waals surface area contributed by atoms with Gasteiger partial charge in [-0.2, -0.15) is 0 Å². The number of oxime groups is 1. The highest BCUT2D eigenvalue weighted by molar-refractivity contribution is 5.99. The van der Waals surface area contributed by atoms with Gasteiger partial charge < -0.3 is 39.5 Å². The van der Waals surface area contributed by atoms with Crippen LogP contribution in [-0.2, 0) is 25.6 Å². The van der Waals surface area contributed by atoms with E-state index in [2.05, 4.69) is 20.5 Å². The number of carbonyl (C=O) groups is 1. The molecule has 4 N–H and O–H groups in total. The van der Waals surface area contributed by atoms with Gasteiger partial charge in [-0.1, -0.05) is 16.4 Å². The molecule has 1 aromatic carbocycles. The Labute approximate surface area is 243 Å². The van der Waals surface area contributed by atoms with Crippen LogP contribution in [0.15, 0.2) is 54.1 Å². The third-order valence-corrected chi connectivity index (χ3v) is 7.40. The Morgan fingerprint density at radius 3 is 2.67 bits per heavy atom. The normalized spacial score (nSPS) is 29.0. The zero-order chi connectivity index (χ0) is 30.1. The second kappa shape index (κ2) is 12.3. The fourth-order valence-corrected chi connectivity index (χ4v) is 5.07. The summed E-state index contributed by atoms with van der Waals surface area (Å²) in [6, 6.07) is 7.86. The van der Waals surface area contributed by atoms with Crippen molar-refractivity contribution >= 4 is 17.5 Å². The zero-order valence-corrected chi connectivity index (χ0v) is 22.6. The zero-order valence-electron chi connectivity index (χ0n) is 22.6. The van der Waals surface area contributed by atoms with E-state index in [-0.39, 0.29) is 13.2 Å². The topological polar surface area (TPSA) is 194 Å². The molecule has 3 aliphatic heterocycles. The average molecular weight is 601 g/mol. The summed E-state index contributed by atoms with van der Waals surface area (Å²) in [5, 5.41) is 50.9. The lowest BCUT2D eigenvalue weighted by Crippen LogP contribution is -2.59. The largest absolute Gasteiger partial charge is 0.442 e. The number of amides is 1. The van der Waals surface area contributed by atoms with Crippen LogP contribution >= 0.6 is 0 Å². The van der Waals surface area contributed by atoms with Crippen LogP contribution < -0.4 is 4.90 Å². The van der Waals surface area contributed by atoms with Crippen molar-refractivity contribution in [2.24, 2.45) is 5.16 Å². The molecule has 15 nitrogen and oxygen atoms in total. The number of aliphatic hydroxyl groups is 4. The first-order chi connectivity index (χ1) is 20.8. The third kappa shape index (κ3) is 6.06. The van der Waals surface area contributed by atoms with E-state index in [1.165, 1.54) is 23.4 Å². The molecule has 5 heterocycles. The SMILES string of the molecule is O=C1O[C@@H](Cn2ccnn2)CN1c1ccc(-c2ccc(C3=NO[C@H](CO[C@@H]4O[C@H](CO)[C@@H](O)[C@H](O)[C@H]4O)C3)nc2)c(F)c1. The van der Waals surface area contributed by atoms with Crippen LogP contribution in [0.25, 0.3) is 11.1 Å². The molecule has 2 aromatic heterocycles. The quantitative estimate of drug-likeness (QED) is 0.253. The predicted molar refractivity (Wildman–Crippen MR) is 143 cm³/mol. The number of ether oxygens (including phenoxy) is 3. The molecule has 0 radical (unpaired) electrons. The molecule has 6 rings (SSSR count). The van der Waals surface area contributed by atoms with Crippen molar-refractivity contribution in [1.82, 2.24) is 20.0 Å². The van der Waals surface area contributed by atoms with Gasteiger partial charge in [0.25, 0.3) is 0 Å². The third-order valence-electron chi connectivity index (χ3n) is 7.40. The molecule has 2 fully saturated rings. The maximum absolute atomic E-state index is 15.2. The van der Waals surface area contributed by atoms with Gasteiger partial charge in [-0.15, -0.1) is 5.10 Å². The van der Waals surface area contributed by atoms with Crippen molar-refractivity contribution < 1.29 is 48.7 Å². The maximum Gasteiger partial charge on any atom is 0.414 e. The Morgan fingerprint density at radius 2 is 1.95 bits per heavy atom. The highest BCUT2D eigenvalue weighted by Gasteiger charge is 2.44. The number of rotatable bonds is 9. The van der Waals surface area contributed by atoms with Crippen LogP contribution in [0.3, 0.4) is 0 Å². The van der Waals surface area contributed by atoms with Gasteiger partial charge in [0, 0.05) is 29.9 Å². The molecular formula is C27H29FN6O9. The molecule has 43 heavy (non-hydrogen) atoms. The van der Waals surface area contributed by atoms with Crippen LogP contribution in [0.5, 0.6) is 0 Å². The van der Waals surface area contributed by atoms with Crippen molar-refractivity contribution in [3.05, 3.63) is 60.4 Å². The summed E-state index contributed by atoms with van der Waals surface area (Å²) in [5.74, 6) is -0.536. The number of carbonyl (C=O) groups excluding carboxylic acids is 1. The van der Waals surface area contributed by atoms with Gasteiger partial charge in [0.05, 0.1) is 43.9 Å². The molecule has 228 valence electrons. The molecule has 3 aromatic rings. The number of hydrogen-bond acceptors (Lipinski definition) is 13. The van der Waals surface area contributed by atoms with Gasteiger partial charge in [0.1, 0.15) is 42.0 Å². The van der Waals surface area contributed by atoms with Gasteiger partial charge in [0.2, 0.25) is 0 Å². The lowest BCUT2D eigenvalue weighted by molar-refractivity contribution is -0.304. The number of aliphatic hydroxyl groups excluding tert-OH is 4. The minimum absolute atomic E-state index is 0.0584. The van der Waals surface area contributed by atoms with E-state index in [0.717, 1.165) is 0 Å². The lowest BCUT2D eigenvalue weighted by atomic mass is 9.99. The number of cyclic esters (lactones) is 1. The Bertz CT molecular complexity index is 1460. The maximum atomic E-state index is 15.2. The van der Waals surface area contributed by atoms with Gasteiger partial charge in [-0.3, -0.25) is 9.88 Å². The van der Waals surface area contributed by atoms with Crippen molar-refractivity contribution in [2.45, 2.75) is 55.9 Å². The minimum atomic E-state index is -1.55. The molecule has 0 saturated carbocycles. The van der Waals surface area contributed by atoms with Crippen LogP contribution in [0.2, 0.25) is 0 Å². The molecule has 0 aliphatic carbocycles. The molecule has 2 saturated heterocycles. The highest BCUT2D eigenvalue weighted by atomic mass is 19.1. The number of aromatic nitrogens is 4. The lowest BCUT2D eigenvalue weighted by Gasteiger charge is -2.39. The van der Waals surface area contributed by atoms with Crippen molar-refractivity contribution in [2.75, 3.05) is 24.7 Å².